The van der Waals surface area contributed by atoms with Gasteiger partial charge in [-0.25, -0.2) is 23.1 Å². The first-order valence-corrected chi connectivity index (χ1v) is 12.7. The highest BCUT2D eigenvalue weighted by molar-refractivity contribution is 7.88. The third-order valence-electron chi connectivity index (χ3n) is 4.96. The van der Waals surface area contributed by atoms with Crippen LogP contribution in [0.3, 0.4) is 0 Å². The number of anilines is 2. The summed E-state index contributed by atoms with van der Waals surface area (Å²) in [6.45, 7) is 1.20. The van der Waals surface area contributed by atoms with Crippen LogP contribution in [-0.2, 0) is 10.0 Å². The molecule has 32 heavy (non-hydrogen) atoms. The molecule has 2 N–H and O–H groups in total. The van der Waals surface area contributed by atoms with Gasteiger partial charge >= 0.3 is 0 Å². The van der Waals surface area contributed by atoms with Gasteiger partial charge in [0.15, 0.2) is 10.9 Å². The molecule has 4 heterocycles. The van der Waals surface area contributed by atoms with Gasteiger partial charge in [0.2, 0.25) is 10.0 Å². The van der Waals surface area contributed by atoms with Crippen molar-refractivity contribution in [1.29, 1.82) is 0 Å². The molecular formula is C20H22N6O4S2. The molecule has 1 saturated heterocycles. The normalized spacial score (nSPS) is 15.0. The molecule has 12 heteroatoms. The minimum atomic E-state index is -3.25. The summed E-state index contributed by atoms with van der Waals surface area (Å²) >= 11 is 1.20. The Morgan fingerprint density at radius 2 is 1.97 bits per heavy atom. The van der Waals surface area contributed by atoms with E-state index in [1.54, 1.807) is 42.0 Å². The minimum absolute atomic E-state index is 0.113. The van der Waals surface area contributed by atoms with E-state index in [1.165, 1.54) is 22.0 Å². The standard InChI is InChI=1S/C20H22N6O4S2/c1-32(29,30)24-14-7-11-25(12-8-14)18-15(5-4-9-21-18)22-19(28)16-13-31-20(23-16)26-10-3-2-6-17(26)27/h2-6,9-10,13-14,24H,7-8,11-12H2,1H3,(H,22,28). The predicted octanol–water partition coefficient (Wildman–Crippen LogP) is 1.46. The molecule has 0 saturated carbocycles. The summed E-state index contributed by atoms with van der Waals surface area (Å²) in [5.41, 5.74) is 0.516. The van der Waals surface area contributed by atoms with Gasteiger partial charge in [0.05, 0.1) is 11.9 Å². The molecule has 0 aliphatic carbocycles. The fourth-order valence-corrected chi connectivity index (χ4v) is 5.14. The van der Waals surface area contributed by atoms with Crippen LogP contribution in [0.4, 0.5) is 11.5 Å². The number of nitrogens with one attached hydrogen (secondary N) is 2. The van der Waals surface area contributed by atoms with Crippen LogP contribution in [-0.4, -0.2) is 54.2 Å². The summed E-state index contributed by atoms with van der Waals surface area (Å²) in [4.78, 5) is 35.5. The van der Waals surface area contributed by atoms with Crippen molar-refractivity contribution in [2.75, 3.05) is 29.6 Å². The number of aromatic nitrogens is 3. The van der Waals surface area contributed by atoms with Gasteiger partial charge in [0.1, 0.15) is 5.69 Å². The number of hydrogen-bond donors (Lipinski definition) is 2. The molecule has 1 fully saturated rings. The number of carbonyl (C=O) groups excluding carboxylic acids is 1. The zero-order valence-electron chi connectivity index (χ0n) is 17.3. The Kier molecular flexibility index (Phi) is 6.35. The fraction of sp³-hybridized carbons (Fsp3) is 0.300. The zero-order valence-corrected chi connectivity index (χ0v) is 18.9. The Labute approximate surface area is 189 Å². The van der Waals surface area contributed by atoms with Gasteiger partial charge in [-0.05, 0) is 31.0 Å². The second kappa shape index (κ2) is 9.18. The average Bonchev–Trinajstić information content (AvgIpc) is 3.24. The maximum atomic E-state index is 12.8. The Hall–Kier alpha value is -3.09. The highest BCUT2D eigenvalue weighted by atomic mass is 32.2. The summed E-state index contributed by atoms with van der Waals surface area (Å²) in [7, 11) is -3.25. The number of piperidine rings is 1. The molecule has 3 aromatic rings. The smallest absolute Gasteiger partial charge is 0.275 e. The summed E-state index contributed by atoms with van der Waals surface area (Å²) in [6.07, 6.45) is 5.68. The first-order valence-electron chi connectivity index (χ1n) is 9.92. The molecule has 0 aromatic carbocycles. The van der Waals surface area contributed by atoms with Crippen molar-refractivity contribution in [3.63, 3.8) is 0 Å². The number of sulfonamides is 1. The van der Waals surface area contributed by atoms with Crippen LogP contribution in [0.1, 0.15) is 23.3 Å². The quantitative estimate of drug-likeness (QED) is 0.554. The first kappa shape index (κ1) is 22.1. The van der Waals surface area contributed by atoms with Gasteiger partial charge in [0.25, 0.3) is 11.5 Å². The molecule has 168 valence electrons. The third-order valence-corrected chi connectivity index (χ3v) is 6.56. The molecular weight excluding hydrogens is 452 g/mol. The summed E-state index contributed by atoms with van der Waals surface area (Å²) < 4.78 is 27.0. The number of hydrogen-bond acceptors (Lipinski definition) is 8. The number of carbonyl (C=O) groups is 1. The summed E-state index contributed by atoms with van der Waals surface area (Å²) in [6, 6.07) is 8.17. The highest BCUT2D eigenvalue weighted by Gasteiger charge is 2.24. The maximum absolute atomic E-state index is 12.8. The van der Waals surface area contributed by atoms with E-state index in [4.69, 9.17) is 0 Å². The van der Waals surface area contributed by atoms with E-state index < -0.39 is 15.9 Å². The average molecular weight is 475 g/mol. The number of nitrogens with zero attached hydrogens (tertiary/aromatic N) is 4. The van der Waals surface area contributed by atoms with Crippen LogP contribution in [0.2, 0.25) is 0 Å². The van der Waals surface area contributed by atoms with Gasteiger partial charge in [-0.15, -0.1) is 11.3 Å². The maximum Gasteiger partial charge on any atom is 0.275 e. The van der Waals surface area contributed by atoms with Crippen LogP contribution in [0.15, 0.2) is 52.9 Å². The SMILES string of the molecule is CS(=O)(=O)NC1CCN(c2ncccc2NC(=O)c2csc(-n3ccccc3=O)n2)CC1. The van der Waals surface area contributed by atoms with E-state index in [1.807, 2.05) is 4.90 Å². The molecule has 1 aliphatic heterocycles. The highest BCUT2D eigenvalue weighted by Crippen LogP contribution is 2.27. The fourth-order valence-electron chi connectivity index (χ4n) is 3.51. The van der Waals surface area contributed by atoms with Crippen LogP contribution < -0.4 is 20.5 Å². The minimum Gasteiger partial charge on any atom is -0.355 e. The molecule has 0 bridgehead atoms. The van der Waals surface area contributed by atoms with Crippen LogP contribution in [0, 0.1) is 0 Å². The molecule has 4 rings (SSSR count). The molecule has 0 radical (unpaired) electrons. The van der Waals surface area contributed by atoms with Crippen molar-refractivity contribution in [2.24, 2.45) is 0 Å². The number of rotatable bonds is 6. The van der Waals surface area contributed by atoms with Gasteiger partial charge in [-0.3, -0.25) is 14.2 Å². The number of thiazole rings is 1. The van der Waals surface area contributed by atoms with Crippen molar-refractivity contribution in [3.8, 4) is 5.13 Å². The van der Waals surface area contributed by atoms with Crippen molar-refractivity contribution in [1.82, 2.24) is 19.3 Å². The lowest BCUT2D eigenvalue weighted by atomic mass is 10.1. The lowest BCUT2D eigenvalue weighted by Gasteiger charge is -2.33. The van der Waals surface area contributed by atoms with E-state index >= 15 is 0 Å². The molecule has 3 aromatic heterocycles. The van der Waals surface area contributed by atoms with Crippen molar-refractivity contribution >= 4 is 38.8 Å². The van der Waals surface area contributed by atoms with Crippen molar-refractivity contribution < 1.29 is 13.2 Å². The Morgan fingerprint density at radius 1 is 1.19 bits per heavy atom. The van der Waals surface area contributed by atoms with Gasteiger partial charge < -0.3 is 10.2 Å². The van der Waals surface area contributed by atoms with E-state index in [2.05, 4.69) is 20.0 Å². The van der Waals surface area contributed by atoms with Crippen LogP contribution >= 0.6 is 11.3 Å². The monoisotopic (exact) mass is 474 g/mol. The summed E-state index contributed by atoms with van der Waals surface area (Å²) in [5.74, 6) is 0.216. The van der Waals surface area contributed by atoms with Gasteiger partial charge in [0, 0.05) is 43.0 Å². The van der Waals surface area contributed by atoms with Crippen molar-refractivity contribution in [2.45, 2.75) is 18.9 Å². The first-order chi connectivity index (χ1) is 15.3. The molecule has 0 unspecified atom stereocenters. The third kappa shape index (κ3) is 5.21. The second-order valence-corrected chi connectivity index (χ2v) is 10.0. The molecule has 0 spiro atoms. The second-order valence-electron chi connectivity index (χ2n) is 7.40. The molecule has 1 aliphatic rings. The number of amides is 1. The lowest BCUT2D eigenvalue weighted by molar-refractivity contribution is 0.102. The number of pyridine rings is 2. The molecule has 10 nitrogen and oxygen atoms in total. The lowest BCUT2D eigenvalue weighted by Crippen LogP contribution is -2.44. The van der Waals surface area contributed by atoms with Crippen LogP contribution in [0.5, 0.6) is 0 Å². The van der Waals surface area contributed by atoms with E-state index in [0.29, 0.717) is 42.6 Å². The van der Waals surface area contributed by atoms with Crippen molar-refractivity contribution in [3.05, 3.63) is 64.2 Å². The molecule has 0 atom stereocenters. The van der Waals surface area contributed by atoms with Crippen LogP contribution in [0.25, 0.3) is 5.13 Å². The van der Waals surface area contributed by atoms with E-state index in [-0.39, 0.29) is 17.3 Å². The predicted molar refractivity (Wildman–Crippen MR) is 123 cm³/mol. The molecule has 1 amide bonds. The summed E-state index contributed by atoms with van der Waals surface area (Å²) in [5, 5.41) is 4.86. The zero-order chi connectivity index (χ0) is 22.7. The van der Waals surface area contributed by atoms with E-state index in [0.717, 1.165) is 6.26 Å². The Bertz CT molecular complexity index is 1280. The Balaban J connectivity index is 1.47. The van der Waals surface area contributed by atoms with Gasteiger partial charge in [-0.1, -0.05) is 6.07 Å². The van der Waals surface area contributed by atoms with Gasteiger partial charge in [-0.2, -0.15) is 0 Å². The Morgan fingerprint density at radius 3 is 2.69 bits per heavy atom. The van der Waals surface area contributed by atoms with E-state index in [9.17, 15) is 18.0 Å². The largest absolute Gasteiger partial charge is 0.355 e. The topological polar surface area (TPSA) is 126 Å².